The van der Waals surface area contributed by atoms with Gasteiger partial charge >= 0.3 is 5.97 Å². The van der Waals surface area contributed by atoms with Gasteiger partial charge in [0.1, 0.15) is 11.9 Å². The topological polar surface area (TPSA) is 35.5 Å². The summed E-state index contributed by atoms with van der Waals surface area (Å²) in [6.45, 7) is 2.26. The number of esters is 1. The van der Waals surface area contributed by atoms with Crippen molar-refractivity contribution in [1.29, 1.82) is 0 Å². The average molecular weight is 299 g/mol. The summed E-state index contributed by atoms with van der Waals surface area (Å²) in [6.07, 6.45) is 2.09. The first kappa shape index (κ1) is 12.4. The van der Waals surface area contributed by atoms with E-state index >= 15 is 0 Å². The van der Waals surface area contributed by atoms with Gasteiger partial charge < -0.3 is 9.47 Å². The summed E-state index contributed by atoms with van der Waals surface area (Å²) < 4.78 is 11.7. The Balaban J connectivity index is 1.88. The number of carbonyl (C=O) groups excluding carboxylic acids is 1. The third kappa shape index (κ3) is 3.00. The predicted molar refractivity (Wildman–Crippen MR) is 68.1 cm³/mol. The Bertz CT molecular complexity index is 417. The van der Waals surface area contributed by atoms with Gasteiger partial charge in [0, 0.05) is 12.8 Å². The van der Waals surface area contributed by atoms with Crippen LogP contribution in [0.2, 0.25) is 0 Å². The van der Waals surface area contributed by atoms with E-state index in [0.717, 1.165) is 16.6 Å². The normalized spacial score (nSPS) is 17.4. The van der Waals surface area contributed by atoms with Gasteiger partial charge in [0.15, 0.2) is 0 Å². The second-order valence-electron chi connectivity index (χ2n) is 4.02. The molecule has 0 amide bonds. The maximum Gasteiger partial charge on any atom is 0.305 e. The van der Waals surface area contributed by atoms with E-state index < -0.39 is 0 Å². The van der Waals surface area contributed by atoms with Crippen LogP contribution in [0.15, 0.2) is 22.7 Å². The highest BCUT2D eigenvalue weighted by molar-refractivity contribution is 9.10. The molecular weight excluding hydrogens is 284 g/mol. The fourth-order valence-corrected chi connectivity index (χ4v) is 2.47. The van der Waals surface area contributed by atoms with Crippen molar-refractivity contribution in [2.45, 2.75) is 32.3 Å². The Hall–Kier alpha value is -1.03. The molecule has 0 aliphatic carbocycles. The van der Waals surface area contributed by atoms with E-state index in [1.165, 1.54) is 5.56 Å². The minimum Gasteiger partial charge on any atom is -0.489 e. The number of para-hydroxylation sites is 1. The summed E-state index contributed by atoms with van der Waals surface area (Å²) in [5.74, 6) is 0.771. The lowest BCUT2D eigenvalue weighted by Crippen LogP contribution is -2.16. The third-order valence-corrected chi connectivity index (χ3v) is 3.38. The predicted octanol–water partition coefficient (Wildman–Crippen LogP) is 3.10. The molecule has 0 spiro atoms. The first-order valence-corrected chi connectivity index (χ1v) is 6.59. The number of halogens is 1. The van der Waals surface area contributed by atoms with Gasteiger partial charge in [-0.2, -0.15) is 0 Å². The molecule has 1 unspecified atom stereocenters. The first-order chi connectivity index (χ1) is 8.20. The van der Waals surface area contributed by atoms with Crippen molar-refractivity contribution in [3.8, 4) is 5.75 Å². The molecule has 4 heteroatoms. The molecule has 0 fully saturated rings. The van der Waals surface area contributed by atoms with Crippen LogP contribution in [0.5, 0.6) is 5.75 Å². The van der Waals surface area contributed by atoms with Crippen molar-refractivity contribution in [3.05, 3.63) is 28.2 Å². The fraction of sp³-hybridized carbons (Fsp3) is 0.462. The fourth-order valence-electron chi connectivity index (χ4n) is 1.97. The second-order valence-corrected chi connectivity index (χ2v) is 4.87. The lowest BCUT2D eigenvalue weighted by Gasteiger charge is -2.10. The molecule has 1 aromatic rings. The summed E-state index contributed by atoms with van der Waals surface area (Å²) in [6, 6.07) is 6.02. The van der Waals surface area contributed by atoms with E-state index in [4.69, 9.17) is 9.47 Å². The van der Waals surface area contributed by atoms with Crippen LogP contribution in [-0.2, 0) is 16.0 Å². The molecule has 0 N–H and O–H groups in total. The molecular formula is C13H15BrO3. The molecule has 0 radical (unpaired) electrons. The summed E-state index contributed by atoms with van der Waals surface area (Å²) >= 11 is 3.46. The minimum absolute atomic E-state index is 0.0908. The number of ether oxygens (including phenoxy) is 2. The Labute approximate surface area is 109 Å². The van der Waals surface area contributed by atoms with Crippen LogP contribution in [0, 0.1) is 0 Å². The highest BCUT2D eigenvalue weighted by atomic mass is 79.9. The van der Waals surface area contributed by atoms with Crippen molar-refractivity contribution in [2.24, 2.45) is 0 Å². The smallest absolute Gasteiger partial charge is 0.305 e. The lowest BCUT2D eigenvalue weighted by molar-refractivity contribution is -0.143. The quantitative estimate of drug-likeness (QED) is 0.801. The zero-order chi connectivity index (χ0) is 12.3. The molecule has 0 bridgehead atoms. The molecule has 1 atom stereocenters. The zero-order valence-electron chi connectivity index (χ0n) is 9.74. The van der Waals surface area contributed by atoms with E-state index in [1.54, 1.807) is 0 Å². The SMILES string of the molecule is CCOC(=O)CCC1Cc2cccc(Br)c2O1. The van der Waals surface area contributed by atoms with E-state index in [0.29, 0.717) is 19.4 Å². The van der Waals surface area contributed by atoms with Crippen LogP contribution >= 0.6 is 15.9 Å². The largest absolute Gasteiger partial charge is 0.489 e. The van der Waals surface area contributed by atoms with Crippen LogP contribution in [0.3, 0.4) is 0 Å². The number of fused-ring (bicyclic) bond motifs is 1. The van der Waals surface area contributed by atoms with E-state index in [1.807, 2.05) is 19.1 Å². The van der Waals surface area contributed by atoms with Crippen LogP contribution in [0.25, 0.3) is 0 Å². The van der Waals surface area contributed by atoms with Crippen molar-refractivity contribution >= 4 is 21.9 Å². The molecule has 3 nitrogen and oxygen atoms in total. The third-order valence-electron chi connectivity index (χ3n) is 2.76. The molecule has 1 heterocycles. The van der Waals surface area contributed by atoms with E-state index in [9.17, 15) is 4.79 Å². The lowest BCUT2D eigenvalue weighted by atomic mass is 10.1. The highest BCUT2D eigenvalue weighted by Gasteiger charge is 2.25. The summed E-state index contributed by atoms with van der Waals surface area (Å²) in [7, 11) is 0. The summed E-state index contributed by atoms with van der Waals surface area (Å²) in [5.41, 5.74) is 1.20. The number of hydrogen-bond donors (Lipinski definition) is 0. The molecule has 92 valence electrons. The number of benzene rings is 1. The first-order valence-electron chi connectivity index (χ1n) is 5.80. The average Bonchev–Trinajstić information content (AvgIpc) is 2.71. The molecule has 2 rings (SSSR count). The number of rotatable bonds is 4. The summed E-state index contributed by atoms with van der Waals surface area (Å²) in [5, 5.41) is 0. The number of hydrogen-bond acceptors (Lipinski definition) is 3. The molecule has 17 heavy (non-hydrogen) atoms. The molecule has 1 aliphatic rings. The molecule has 0 saturated heterocycles. The highest BCUT2D eigenvalue weighted by Crippen LogP contribution is 2.36. The van der Waals surface area contributed by atoms with E-state index in [2.05, 4.69) is 22.0 Å². The minimum atomic E-state index is -0.147. The van der Waals surface area contributed by atoms with Gasteiger partial charge in [-0.25, -0.2) is 0 Å². The van der Waals surface area contributed by atoms with Gasteiger partial charge in [0.25, 0.3) is 0 Å². The zero-order valence-corrected chi connectivity index (χ0v) is 11.3. The van der Waals surface area contributed by atoms with Gasteiger partial charge in [0.2, 0.25) is 0 Å². The Morgan fingerprint density at radius 1 is 1.59 bits per heavy atom. The van der Waals surface area contributed by atoms with Gasteiger partial charge in [-0.05, 0) is 40.9 Å². The maximum atomic E-state index is 11.3. The van der Waals surface area contributed by atoms with Crippen molar-refractivity contribution < 1.29 is 14.3 Å². The van der Waals surface area contributed by atoms with Crippen LogP contribution in [0.1, 0.15) is 25.3 Å². The molecule has 0 saturated carbocycles. The monoisotopic (exact) mass is 298 g/mol. The Morgan fingerprint density at radius 2 is 2.41 bits per heavy atom. The van der Waals surface area contributed by atoms with Crippen molar-refractivity contribution in [3.63, 3.8) is 0 Å². The molecule has 1 aliphatic heterocycles. The maximum absolute atomic E-state index is 11.3. The van der Waals surface area contributed by atoms with Gasteiger partial charge in [-0.3, -0.25) is 4.79 Å². The van der Waals surface area contributed by atoms with E-state index in [-0.39, 0.29) is 12.1 Å². The Kier molecular flexibility index (Phi) is 4.05. The van der Waals surface area contributed by atoms with Crippen LogP contribution < -0.4 is 4.74 Å². The standard InChI is InChI=1S/C13H15BrO3/c1-2-16-12(15)7-6-10-8-9-4-3-5-11(14)13(9)17-10/h3-5,10H,2,6-8H2,1H3. The molecule has 1 aromatic carbocycles. The Morgan fingerprint density at radius 3 is 3.12 bits per heavy atom. The van der Waals surface area contributed by atoms with Crippen molar-refractivity contribution in [2.75, 3.05) is 6.61 Å². The molecule has 0 aromatic heterocycles. The van der Waals surface area contributed by atoms with Gasteiger partial charge in [-0.1, -0.05) is 12.1 Å². The van der Waals surface area contributed by atoms with Crippen LogP contribution in [0.4, 0.5) is 0 Å². The van der Waals surface area contributed by atoms with Crippen LogP contribution in [-0.4, -0.2) is 18.7 Å². The van der Waals surface area contributed by atoms with Gasteiger partial charge in [0.05, 0.1) is 11.1 Å². The second kappa shape index (κ2) is 5.54. The van der Waals surface area contributed by atoms with Gasteiger partial charge in [-0.15, -0.1) is 0 Å². The van der Waals surface area contributed by atoms with Crippen molar-refractivity contribution in [1.82, 2.24) is 0 Å². The number of carbonyl (C=O) groups is 1. The summed E-state index contributed by atoms with van der Waals surface area (Å²) in [4.78, 5) is 11.3.